The summed E-state index contributed by atoms with van der Waals surface area (Å²) in [6.07, 6.45) is -0.697. The Morgan fingerprint density at radius 1 is 1.09 bits per heavy atom. The second kappa shape index (κ2) is 8.13. The molecule has 5 heterocycles. The van der Waals surface area contributed by atoms with Gasteiger partial charge in [-0.1, -0.05) is 0 Å². The van der Waals surface area contributed by atoms with Crippen LogP contribution in [-0.2, 0) is 17.5 Å². The van der Waals surface area contributed by atoms with Gasteiger partial charge in [0, 0.05) is 37.7 Å². The van der Waals surface area contributed by atoms with Crippen molar-refractivity contribution in [2.45, 2.75) is 38.4 Å². The number of halogens is 5. The van der Waals surface area contributed by atoms with Crippen LogP contribution < -0.4 is 9.80 Å². The first kappa shape index (κ1) is 22.4. The molecular weight excluding hydrogens is 461 g/mol. The standard InChI is InChI=1S/C21H20F5N7O/c22-16(23)11-33-19-15(9-29-33)28-10-17(30-19)31-3-1-20(12-31)2-4-32(18(34)6-20)14-5-13(7-27-8-14)21(24,25)26/h5,7-10,16H,1-4,6,11-12H2. The van der Waals surface area contributed by atoms with Gasteiger partial charge in [-0.3, -0.25) is 9.78 Å². The molecule has 3 aromatic heterocycles. The molecule has 1 unspecified atom stereocenters. The maximum atomic E-state index is 13.0. The van der Waals surface area contributed by atoms with E-state index in [2.05, 4.69) is 20.1 Å². The van der Waals surface area contributed by atoms with Crippen LogP contribution in [-0.4, -0.2) is 56.7 Å². The van der Waals surface area contributed by atoms with Gasteiger partial charge in [0.1, 0.15) is 17.9 Å². The highest BCUT2D eigenvalue weighted by Crippen LogP contribution is 2.43. The summed E-state index contributed by atoms with van der Waals surface area (Å²) in [4.78, 5) is 28.7. The fourth-order valence-corrected chi connectivity index (χ4v) is 4.72. The van der Waals surface area contributed by atoms with E-state index in [1.807, 2.05) is 4.90 Å². The number of hydrogen-bond donors (Lipinski definition) is 0. The first-order chi connectivity index (χ1) is 16.1. The van der Waals surface area contributed by atoms with Crippen LogP contribution in [0.15, 0.2) is 30.9 Å². The zero-order chi connectivity index (χ0) is 24.1. The number of hydrogen-bond acceptors (Lipinski definition) is 6. The Morgan fingerprint density at radius 2 is 1.88 bits per heavy atom. The normalized spacial score (nSPS) is 21.4. The summed E-state index contributed by atoms with van der Waals surface area (Å²) in [6.45, 7) is 0.806. The second-order valence-electron chi connectivity index (χ2n) is 8.73. The molecule has 0 bridgehead atoms. The van der Waals surface area contributed by atoms with Gasteiger partial charge < -0.3 is 9.80 Å². The van der Waals surface area contributed by atoms with Crippen LogP contribution in [0.1, 0.15) is 24.8 Å². The fourth-order valence-electron chi connectivity index (χ4n) is 4.72. The fraction of sp³-hybridized carbons (Fsp3) is 0.476. The molecule has 2 saturated heterocycles. The largest absolute Gasteiger partial charge is 0.417 e. The lowest BCUT2D eigenvalue weighted by Crippen LogP contribution is -2.45. The van der Waals surface area contributed by atoms with Gasteiger partial charge in [0.2, 0.25) is 5.91 Å². The molecular formula is C21H20F5N7O. The molecule has 2 fully saturated rings. The van der Waals surface area contributed by atoms with E-state index < -0.39 is 24.7 Å². The summed E-state index contributed by atoms with van der Waals surface area (Å²) in [6, 6.07) is 0.942. The molecule has 13 heteroatoms. The van der Waals surface area contributed by atoms with Crippen molar-refractivity contribution in [3.8, 4) is 0 Å². The Morgan fingerprint density at radius 3 is 2.62 bits per heavy atom. The average Bonchev–Trinajstić information content (AvgIpc) is 3.37. The van der Waals surface area contributed by atoms with E-state index in [9.17, 15) is 26.7 Å². The van der Waals surface area contributed by atoms with Crippen LogP contribution in [0.5, 0.6) is 0 Å². The Kier molecular flexibility index (Phi) is 5.36. The Hall–Kier alpha value is -3.38. The quantitative estimate of drug-likeness (QED) is 0.531. The van der Waals surface area contributed by atoms with Gasteiger partial charge in [0.15, 0.2) is 5.65 Å². The summed E-state index contributed by atoms with van der Waals surface area (Å²) < 4.78 is 65.9. The number of carbonyl (C=O) groups excluding carboxylic acids is 1. The number of anilines is 2. The first-order valence-electron chi connectivity index (χ1n) is 10.7. The van der Waals surface area contributed by atoms with Crippen LogP contribution in [0.25, 0.3) is 11.2 Å². The van der Waals surface area contributed by atoms with Crippen LogP contribution in [0.3, 0.4) is 0 Å². The minimum Gasteiger partial charge on any atom is -0.355 e. The lowest BCUT2D eigenvalue weighted by atomic mass is 9.77. The number of rotatable bonds is 4. The molecule has 34 heavy (non-hydrogen) atoms. The van der Waals surface area contributed by atoms with Crippen molar-refractivity contribution in [1.29, 1.82) is 0 Å². The third kappa shape index (κ3) is 4.14. The lowest BCUT2D eigenvalue weighted by molar-refractivity contribution is -0.138. The molecule has 1 atom stereocenters. The molecule has 3 aromatic rings. The molecule has 0 radical (unpaired) electrons. The number of fused-ring (bicyclic) bond motifs is 1. The molecule has 0 aliphatic carbocycles. The van der Waals surface area contributed by atoms with Gasteiger partial charge >= 0.3 is 6.18 Å². The van der Waals surface area contributed by atoms with Crippen molar-refractivity contribution >= 4 is 28.6 Å². The van der Waals surface area contributed by atoms with Gasteiger partial charge in [0.25, 0.3) is 6.43 Å². The van der Waals surface area contributed by atoms with E-state index in [-0.39, 0.29) is 35.6 Å². The molecule has 1 amide bonds. The molecule has 2 aliphatic heterocycles. The molecule has 0 N–H and O–H groups in total. The average molecular weight is 481 g/mol. The molecule has 0 aromatic carbocycles. The number of carbonyl (C=O) groups is 1. The molecule has 2 aliphatic rings. The van der Waals surface area contributed by atoms with E-state index >= 15 is 0 Å². The third-order valence-electron chi connectivity index (χ3n) is 6.46. The van der Waals surface area contributed by atoms with Crippen LogP contribution in [0, 0.1) is 5.41 Å². The smallest absolute Gasteiger partial charge is 0.355 e. The van der Waals surface area contributed by atoms with Gasteiger partial charge in [-0.2, -0.15) is 18.3 Å². The van der Waals surface area contributed by atoms with Gasteiger partial charge in [-0.25, -0.2) is 23.4 Å². The Bertz CT molecular complexity index is 1230. The van der Waals surface area contributed by atoms with Crippen LogP contribution in [0.4, 0.5) is 33.5 Å². The maximum absolute atomic E-state index is 13.0. The summed E-state index contributed by atoms with van der Waals surface area (Å²) in [5.74, 6) is 0.253. The van der Waals surface area contributed by atoms with Crippen LogP contribution >= 0.6 is 0 Å². The summed E-state index contributed by atoms with van der Waals surface area (Å²) in [7, 11) is 0. The minimum atomic E-state index is -4.54. The minimum absolute atomic E-state index is 0.133. The molecule has 1 spiro atoms. The number of pyridine rings is 1. The number of aromatic nitrogens is 5. The molecule has 0 saturated carbocycles. The summed E-state index contributed by atoms with van der Waals surface area (Å²) in [5, 5.41) is 3.92. The van der Waals surface area contributed by atoms with Gasteiger partial charge in [0.05, 0.1) is 29.8 Å². The zero-order valence-electron chi connectivity index (χ0n) is 17.8. The van der Waals surface area contributed by atoms with E-state index in [0.717, 1.165) is 16.9 Å². The second-order valence-corrected chi connectivity index (χ2v) is 8.73. The van der Waals surface area contributed by atoms with E-state index in [4.69, 9.17) is 0 Å². The van der Waals surface area contributed by atoms with E-state index in [1.54, 1.807) is 6.20 Å². The first-order valence-corrected chi connectivity index (χ1v) is 10.7. The van der Waals surface area contributed by atoms with Crippen molar-refractivity contribution in [1.82, 2.24) is 24.7 Å². The highest BCUT2D eigenvalue weighted by Gasteiger charge is 2.45. The zero-order valence-corrected chi connectivity index (χ0v) is 17.8. The lowest BCUT2D eigenvalue weighted by Gasteiger charge is -2.38. The SMILES string of the molecule is O=C1CC2(CCN(c3cnc4cnn(CC(F)F)c4n3)C2)CCN1c1cncc(C(F)(F)F)c1. The topological polar surface area (TPSA) is 80.0 Å². The molecule has 5 rings (SSSR count). The van der Waals surface area contributed by atoms with Crippen molar-refractivity contribution in [3.05, 3.63) is 36.4 Å². The number of piperidine rings is 1. The predicted molar refractivity (Wildman–Crippen MR) is 111 cm³/mol. The van der Waals surface area contributed by atoms with Crippen molar-refractivity contribution < 1.29 is 26.7 Å². The number of nitrogens with zero attached hydrogens (tertiary/aromatic N) is 7. The summed E-state index contributed by atoms with van der Waals surface area (Å²) >= 11 is 0. The van der Waals surface area contributed by atoms with Crippen LogP contribution in [0.2, 0.25) is 0 Å². The highest BCUT2D eigenvalue weighted by molar-refractivity contribution is 5.94. The van der Waals surface area contributed by atoms with E-state index in [0.29, 0.717) is 37.3 Å². The summed E-state index contributed by atoms with van der Waals surface area (Å²) in [5.41, 5.74) is -0.431. The van der Waals surface area contributed by atoms with Gasteiger partial charge in [-0.15, -0.1) is 0 Å². The number of alkyl halides is 5. The predicted octanol–water partition coefficient (Wildman–Crippen LogP) is 3.53. The third-order valence-corrected chi connectivity index (χ3v) is 6.46. The number of amides is 1. The Labute approximate surface area is 190 Å². The van der Waals surface area contributed by atoms with E-state index in [1.165, 1.54) is 17.3 Å². The van der Waals surface area contributed by atoms with Crippen molar-refractivity contribution in [2.75, 3.05) is 29.4 Å². The molecule has 8 nitrogen and oxygen atoms in total. The monoisotopic (exact) mass is 481 g/mol. The van der Waals surface area contributed by atoms with Crippen molar-refractivity contribution in [3.63, 3.8) is 0 Å². The Balaban J connectivity index is 1.31. The van der Waals surface area contributed by atoms with Crippen molar-refractivity contribution in [2.24, 2.45) is 5.41 Å². The molecule has 180 valence electrons. The van der Waals surface area contributed by atoms with Gasteiger partial charge in [-0.05, 0) is 18.9 Å². The highest BCUT2D eigenvalue weighted by atomic mass is 19.4. The maximum Gasteiger partial charge on any atom is 0.417 e.